The van der Waals surface area contributed by atoms with Gasteiger partial charge in [-0.1, -0.05) is 72.8 Å². The lowest BCUT2D eigenvalue weighted by Crippen LogP contribution is -2.45. The normalized spacial score (nSPS) is 20.4. The number of amides is 1. The zero-order chi connectivity index (χ0) is 22.8. The van der Waals surface area contributed by atoms with Crippen molar-refractivity contribution in [2.45, 2.75) is 37.4 Å². The lowest BCUT2D eigenvalue weighted by molar-refractivity contribution is -0.146. The van der Waals surface area contributed by atoms with Gasteiger partial charge < -0.3 is 10.1 Å². The van der Waals surface area contributed by atoms with Crippen molar-refractivity contribution >= 4 is 11.9 Å². The quantitative estimate of drug-likeness (QED) is 0.612. The molecule has 0 radical (unpaired) electrons. The van der Waals surface area contributed by atoms with Crippen LogP contribution in [0.1, 0.15) is 27.9 Å². The fraction of sp³-hybridized carbons (Fsp3) is 0.286. The van der Waals surface area contributed by atoms with Crippen molar-refractivity contribution in [2.75, 3.05) is 13.7 Å². The van der Waals surface area contributed by atoms with Gasteiger partial charge in [-0.25, -0.2) is 0 Å². The van der Waals surface area contributed by atoms with Gasteiger partial charge in [-0.15, -0.1) is 0 Å². The summed E-state index contributed by atoms with van der Waals surface area (Å²) >= 11 is 0. The number of esters is 1. The van der Waals surface area contributed by atoms with Crippen LogP contribution in [0.2, 0.25) is 0 Å². The molecule has 1 amide bonds. The van der Waals surface area contributed by atoms with E-state index in [0.29, 0.717) is 18.5 Å². The lowest BCUT2D eigenvalue weighted by atomic mass is 9.99. The first-order valence-corrected chi connectivity index (χ1v) is 11.5. The minimum atomic E-state index is -0.344. The van der Waals surface area contributed by atoms with Crippen LogP contribution in [-0.4, -0.2) is 48.6 Å². The third-order valence-corrected chi connectivity index (χ3v) is 6.90. The van der Waals surface area contributed by atoms with Crippen molar-refractivity contribution in [2.24, 2.45) is 0 Å². The minimum absolute atomic E-state index is 0.111. The first-order valence-electron chi connectivity index (χ1n) is 11.5. The van der Waals surface area contributed by atoms with Gasteiger partial charge in [-0.2, -0.15) is 0 Å². The molecule has 3 aromatic carbocycles. The molecule has 1 fully saturated rings. The number of likely N-dealkylation sites (tertiary alicyclic amines) is 1. The van der Waals surface area contributed by atoms with E-state index in [1.165, 1.54) is 18.2 Å². The van der Waals surface area contributed by atoms with Crippen molar-refractivity contribution in [3.63, 3.8) is 0 Å². The largest absolute Gasteiger partial charge is 0.468 e. The summed E-state index contributed by atoms with van der Waals surface area (Å²) in [4.78, 5) is 28.2. The first-order chi connectivity index (χ1) is 16.1. The number of hydrogen-bond acceptors (Lipinski definition) is 4. The predicted octanol–water partition coefficient (Wildman–Crippen LogP) is 3.87. The summed E-state index contributed by atoms with van der Waals surface area (Å²) in [7, 11) is 1.44. The predicted molar refractivity (Wildman–Crippen MR) is 128 cm³/mol. The molecule has 1 N–H and O–H groups in total. The highest BCUT2D eigenvalue weighted by Gasteiger charge is 2.43. The molecular formula is C28H28N2O3. The highest BCUT2D eigenvalue weighted by atomic mass is 16.5. The second-order valence-electron chi connectivity index (χ2n) is 8.88. The summed E-state index contributed by atoms with van der Waals surface area (Å²) in [5.41, 5.74) is 5.24. The Bertz CT molecular complexity index is 1140. The summed E-state index contributed by atoms with van der Waals surface area (Å²) in [6, 6.07) is 25.8. The molecule has 0 unspecified atom stereocenters. The maximum atomic E-state index is 13.3. The average Bonchev–Trinajstić information content (AvgIpc) is 3.48. The Morgan fingerprint density at radius 3 is 2.21 bits per heavy atom. The van der Waals surface area contributed by atoms with Crippen molar-refractivity contribution in [1.29, 1.82) is 0 Å². The summed E-state index contributed by atoms with van der Waals surface area (Å²) in [6.45, 7) is 0.637. The van der Waals surface area contributed by atoms with Crippen LogP contribution in [0.15, 0.2) is 78.9 Å². The Hall–Kier alpha value is -3.44. The van der Waals surface area contributed by atoms with E-state index in [1.54, 1.807) is 0 Å². The number of nitrogens with zero attached hydrogens (tertiary/aromatic N) is 1. The first kappa shape index (κ1) is 21.4. The standard InChI is InChI=1S/C28H28N2O3/c1-33-28(32)26-17-22(18-30(26)23-15-20-11-5-6-12-21(20)16-23)29-27(31)25-14-8-7-13-24(25)19-9-3-2-4-10-19/h2-14,22-23,26H,15-18H2,1H3,(H,29,31)/t22-,26+/m1/s1. The summed E-state index contributed by atoms with van der Waals surface area (Å²) in [5.74, 6) is -0.341. The number of methoxy groups -OCH3 is 1. The third-order valence-electron chi connectivity index (χ3n) is 6.90. The molecule has 3 aromatic rings. The van der Waals surface area contributed by atoms with Gasteiger partial charge in [0.2, 0.25) is 0 Å². The fourth-order valence-corrected chi connectivity index (χ4v) is 5.32. The van der Waals surface area contributed by atoms with Crippen LogP contribution in [0, 0.1) is 0 Å². The fourth-order valence-electron chi connectivity index (χ4n) is 5.32. The molecule has 0 bridgehead atoms. The van der Waals surface area contributed by atoms with Gasteiger partial charge in [-0.3, -0.25) is 14.5 Å². The lowest BCUT2D eigenvalue weighted by Gasteiger charge is -2.28. The van der Waals surface area contributed by atoms with Gasteiger partial charge in [0.25, 0.3) is 5.91 Å². The molecule has 1 aliphatic heterocycles. The molecule has 5 nitrogen and oxygen atoms in total. The van der Waals surface area contributed by atoms with Gasteiger partial charge in [0.05, 0.1) is 7.11 Å². The molecule has 1 aliphatic carbocycles. The SMILES string of the molecule is COC(=O)[C@@H]1C[C@@H](NC(=O)c2ccccc2-c2ccccc2)CN1C1Cc2ccccc2C1. The second-order valence-corrected chi connectivity index (χ2v) is 8.88. The molecule has 2 atom stereocenters. The zero-order valence-corrected chi connectivity index (χ0v) is 18.7. The number of carbonyl (C=O) groups is 2. The summed E-state index contributed by atoms with van der Waals surface area (Å²) < 4.78 is 5.12. The Morgan fingerprint density at radius 1 is 0.879 bits per heavy atom. The van der Waals surface area contributed by atoms with E-state index < -0.39 is 0 Å². The zero-order valence-electron chi connectivity index (χ0n) is 18.7. The van der Waals surface area contributed by atoms with Crippen molar-refractivity contribution in [3.8, 4) is 11.1 Å². The Kier molecular flexibility index (Phi) is 5.97. The minimum Gasteiger partial charge on any atom is -0.468 e. The van der Waals surface area contributed by atoms with E-state index in [1.807, 2.05) is 54.6 Å². The molecule has 1 heterocycles. The molecule has 0 aromatic heterocycles. The molecule has 0 saturated carbocycles. The monoisotopic (exact) mass is 440 g/mol. The molecule has 0 spiro atoms. The van der Waals surface area contributed by atoms with Gasteiger partial charge in [0.1, 0.15) is 6.04 Å². The van der Waals surface area contributed by atoms with Crippen molar-refractivity contribution in [3.05, 3.63) is 95.6 Å². The van der Waals surface area contributed by atoms with Crippen LogP contribution in [0.4, 0.5) is 0 Å². The van der Waals surface area contributed by atoms with Crippen LogP contribution in [0.25, 0.3) is 11.1 Å². The number of rotatable bonds is 5. The number of benzene rings is 3. The summed E-state index contributed by atoms with van der Waals surface area (Å²) in [5, 5.41) is 3.20. The molecule has 2 aliphatic rings. The molecule has 33 heavy (non-hydrogen) atoms. The Labute approximate surface area is 194 Å². The van der Waals surface area contributed by atoms with E-state index in [4.69, 9.17) is 4.74 Å². The average molecular weight is 441 g/mol. The van der Waals surface area contributed by atoms with Crippen LogP contribution in [-0.2, 0) is 22.4 Å². The topological polar surface area (TPSA) is 58.6 Å². The molecular weight excluding hydrogens is 412 g/mol. The Balaban J connectivity index is 1.34. The third kappa shape index (κ3) is 4.29. The maximum Gasteiger partial charge on any atom is 0.323 e. The van der Waals surface area contributed by atoms with Gasteiger partial charge in [0.15, 0.2) is 0 Å². The maximum absolute atomic E-state index is 13.3. The molecule has 1 saturated heterocycles. The number of carbonyl (C=O) groups excluding carboxylic acids is 2. The second kappa shape index (κ2) is 9.20. The van der Waals surface area contributed by atoms with E-state index in [9.17, 15) is 9.59 Å². The van der Waals surface area contributed by atoms with Crippen LogP contribution >= 0.6 is 0 Å². The van der Waals surface area contributed by atoms with Crippen molar-refractivity contribution < 1.29 is 14.3 Å². The summed E-state index contributed by atoms with van der Waals surface area (Å²) in [6.07, 6.45) is 2.39. The van der Waals surface area contributed by atoms with E-state index >= 15 is 0 Å². The highest BCUT2D eigenvalue weighted by Crippen LogP contribution is 2.31. The van der Waals surface area contributed by atoms with Crippen LogP contribution in [0.3, 0.4) is 0 Å². The number of ether oxygens (including phenoxy) is 1. The number of nitrogens with one attached hydrogen (secondary N) is 1. The van der Waals surface area contributed by atoms with E-state index in [-0.39, 0.29) is 30.0 Å². The Morgan fingerprint density at radius 2 is 1.52 bits per heavy atom. The van der Waals surface area contributed by atoms with Crippen molar-refractivity contribution in [1.82, 2.24) is 10.2 Å². The molecule has 5 heteroatoms. The van der Waals surface area contributed by atoms with Gasteiger partial charge >= 0.3 is 5.97 Å². The molecule has 168 valence electrons. The number of fused-ring (bicyclic) bond motifs is 1. The van der Waals surface area contributed by atoms with Gasteiger partial charge in [-0.05, 0) is 47.6 Å². The van der Waals surface area contributed by atoms with E-state index in [0.717, 1.165) is 24.0 Å². The van der Waals surface area contributed by atoms with Crippen LogP contribution < -0.4 is 5.32 Å². The van der Waals surface area contributed by atoms with Gasteiger partial charge in [0, 0.05) is 24.2 Å². The highest BCUT2D eigenvalue weighted by molar-refractivity contribution is 6.01. The smallest absolute Gasteiger partial charge is 0.323 e. The number of hydrogen-bond donors (Lipinski definition) is 1. The van der Waals surface area contributed by atoms with Crippen LogP contribution in [0.5, 0.6) is 0 Å². The van der Waals surface area contributed by atoms with E-state index in [2.05, 4.69) is 34.5 Å². The molecule has 5 rings (SSSR count).